The van der Waals surface area contributed by atoms with Gasteiger partial charge >= 0.3 is 0 Å². The summed E-state index contributed by atoms with van der Waals surface area (Å²) in [6.07, 6.45) is 6.63. The SMILES string of the molecule is NC(Cc1ccccn1)CC1CCSCC1. The van der Waals surface area contributed by atoms with Crippen LogP contribution in [0.4, 0.5) is 0 Å². The Kier molecular flexibility index (Phi) is 4.67. The van der Waals surface area contributed by atoms with E-state index < -0.39 is 0 Å². The molecular weight excluding hydrogens is 216 g/mol. The van der Waals surface area contributed by atoms with E-state index in [1.807, 2.05) is 18.3 Å². The molecule has 1 unspecified atom stereocenters. The maximum atomic E-state index is 6.19. The van der Waals surface area contributed by atoms with Gasteiger partial charge in [0.05, 0.1) is 0 Å². The molecule has 1 aromatic rings. The Bertz CT molecular complexity index is 296. The predicted octanol–water partition coefficient (Wildman–Crippen LogP) is 2.48. The van der Waals surface area contributed by atoms with Crippen molar-refractivity contribution in [2.45, 2.75) is 31.7 Å². The zero-order valence-corrected chi connectivity index (χ0v) is 10.5. The predicted molar refractivity (Wildman–Crippen MR) is 70.6 cm³/mol. The lowest BCUT2D eigenvalue weighted by Gasteiger charge is -2.24. The Morgan fingerprint density at radius 3 is 2.88 bits per heavy atom. The zero-order valence-electron chi connectivity index (χ0n) is 9.64. The number of rotatable bonds is 4. The molecule has 1 saturated heterocycles. The summed E-state index contributed by atoms with van der Waals surface area (Å²) < 4.78 is 0. The highest BCUT2D eigenvalue weighted by molar-refractivity contribution is 7.99. The van der Waals surface area contributed by atoms with Crippen molar-refractivity contribution in [3.63, 3.8) is 0 Å². The fourth-order valence-corrected chi connectivity index (χ4v) is 3.49. The molecule has 0 amide bonds. The van der Waals surface area contributed by atoms with Gasteiger partial charge in [0.25, 0.3) is 0 Å². The number of hydrogen-bond donors (Lipinski definition) is 1. The second kappa shape index (κ2) is 6.26. The van der Waals surface area contributed by atoms with Crippen LogP contribution in [0.15, 0.2) is 24.4 Å². The summed E-state index contributed by atoms with van der Waals surface area (Å²) in [6.45, 7) is 0. The standard InChI is InChI=1S/C13H20N2S/c14-12(9-11-4-7-16-8-5-11)10-13-3-1-2-6-15-13/h1-3,6,11-12H,4-5,7-10,14H2. The third-order valence-corrected chi connectivity index (χ3v) is 4.22. The molecule has 0 spiro atoms. The summed E-state index contributed by atoms with van der Waals surface area (Å²) in [5, 5.41) is 0. The summed E-state index contributed by atoms with van der Waals surface area (Å²) >= 11 is 2.08. The first-order valence-electron chi connectivity index (χ1n) is 6.08. The van der Waals surface area contributed by atoms with Gasteiger partial charge in [0.15, 0.2) is 0 Å². The normalized spacial score (nSPS) is 19.6. The van der Waals surface area contributed by atoms with E-state index in [9.17, 15) is 0 Å². The lowest BCUT2D eigenvalue weighted by Crippen LogP contribution is -2.28. The Hall–Kier alpha value is -0.540. The van der Waals surface area contributed by atoms with Crippen molar-refractivity contribution in [2.24, 2.45) is 11.7 Å². The lowest BCUT2D eigenvalue weighted by atomic mass is 9.92. The Morgan fingerprint density at radius 1 is 1.38 bits per heavy atom. The second-order valence-corrected chi connectivity index (χ2v) is 5.80. The highest BCUT2D eigenvalue weighted by Crippen LogP contribution is 2.26. The third-order valence-electron chi connectivity index (χ3n) is 3.17. The summed E-state index contributed by atoms with van der Waals surface area (Å²) in [6, 6.07) is 6.33. The molecule has 2 heterocycles. The van der Waals surface area contributed by atoms with Crippen LogP contribution in [0, 0.1) is 5.92 Å². The van der Waals surface area contributed by atoms with Crippen LogP contribution in [-0.4, -0.2) is 22.5 Å². The number of aromatic nitrogens is 1. The number of nitrogens with zero attached hydrogens (tertiary/aromatic N) is 1. The van der Waals surface area contributed by atoms with Crippen LogP contribution in [0.5, 0.6) is 0 Å². The van der Waals surface area contributed by atoms with E-state index in [4.69, 9.17) is 5.73 Å². The van der Waals surface area contributed by atoms with E-state index >= 15 is 0 Å². The van der Waals surface area contributed by atoms with E-state index in [-0.39, 0.29) is 6.04 Å². The minimum atomic E-state index is 0.281. The van der Waals surface area contributed by atoms with E-state index in [1.165, 1.54) is 24.3 Å². The molecule has 2 nitrogen and oxygen atoms in total. The third kappa shape index (κ3) is 3.80. The number of nitrogens with two attached hydrogens (primary N) is 1. The topological polar surface area (TPSA) is 38.9 Å². The Balaban J connectivity index is 1.77. The molecule has 1 aliphatic rings. The van der Waals surface area contributed by atoms with E-state index in [1.54, 1.807) is 0 Å². The number of thioether (sulfide) groups is 1. The molecule has 2 rings (SSSR count). The molecule has 2 N–H and O–H groups in total. The van der Waals surface area contributed by atoms with Crippen molar-refractivity contribution in [1.82, 2.24) is 4.98 Å². The molecule has 0 saturated carbocycles. The van der Waals surface area contributed by atoms with Gasteiger partial charge in [-0.15, -0.1) is 0 Å². The van der Waals surface area contributed by atoms with Crippen LogP contribution in [0.25, 0.3) is 0 Å². The summed E-state index contributed by atoms with van der Waals surface area (Å²) in [7, 11) is 0. The van der Waals surface area contributed by atoms with Crippen molar-refractivity contribution < 1.29 is 0 Å². The van der Waals surface area contributed by atoms with E-state index in [2.05, 4.69) is 22.8 Å². The zero-order chi connectivity index (χ0) is 11.2. The smallest absolute Gasteiger partial charge is 0.0419 e. The van der Waals surface area contributed by atoms with Gasteiger partial charge in [0, 0.05) is 24.4 Å². The van der Waals surface area contributed by atoms with Crippen molar-refractivity contribution in [2.75, 3.05) is 11.5 Å². The monoisotopic (exact) mass is 236 g/mol. The Morgan fingerprint density at radius 2 is 2.19 bits per heavy atom. The van der Waals surface area contributed by atoms with Gasteiger partial charge in [0.2, 0.25) is 0 Å². The largest absolute Gasteiger partial charge is 0.327 e. The van der Waals surface area contributed by atoms with Gasteiger partial charge in [-0.2, -0.15) is 11.8 Å². The minimum absolute atomic E-state index is 0.281. The fourth-order valence-electron chi connectivity index (χ4n) is 2.28. The maximum absolute atomic E-state index is 6.19. The molecule has 0 aromatic carbocycles. The van der Waals surface area contributed by atoms with Crippen LogP contribution in [-0.2, 0) is 6.42 Å². The van der Waals surface area contributed by atoms with Gasteiger partial charge < -0.3 is 5.73 Å². The van der Waals surface area contributed by atoms with Gasteiger partial charge in [0.1, 0.15) is 0 Å². The van der Waals surface area contributed by atoms with Crippen LogP contribution in [0.1, 0.15) is 25.0 Å². The first-order valence-corrected chi connectivity index (χ1v) is 7.23. The molecule has 0 bridgehead atoms. The number of pyridine rings is 1. The van der Waals surface area contributed by atoms with Gasteiger partial charge in [-0.1, -0.05) is 6.07 Å². The molecular formula is C13H20N2S. The quantitative estimate of drug-likeness (QED) is 0.873. The van der Waals surface area contributed by atoms with Crippen LogP contribution in [0.3, 0.4) is 0 Å². The van der Waals surface area contributed by atoms with Gasteiger partial charge in [-0.25, -0.2) is 0 Å². The Labute approximate surface area is 102 Å². The molecule has 0 aliphatic carbocycles. The summed E-state index contributed by atoms with van der Waals surface area (Å²) in [5.41, 5.74) is 7.31. The van der Waals surface area contributed by atoms with Crippen LogP contribution in [0.2, 0.25) is 0 Å². The van der Waals surface area contributed by atoms with Crippen molar-refractivity contribution in [3.05, 3.63) is 30.1 Å². The maximum Gasteiger partial charge on any atom is 0.0419 e. The van der Waals surface area contributed by atoms with Crippen molar-refractivity contribution in [3.8, 4) is 0 Å². The van der Waals surface area contributed by atoms with Gasteiger partial charge in [-0.05, 0) is 48.8 Å². The van der Waals surface area contributed by atoms with Crippen molar-refractivity contribution >= 4 is 11.8 Å². The van der Waals surface area contributed by atoms with Crippen molar-refractivity contribution in [1.29, 1.82) is 0 Å². The average molecular weight is 236 g/mol. The lowest BCUT2D eigenvalue weighted by molar-refractivity contribution is 0.404. The van der Waals surface area contributed by atoms with E-state index in [0.29, 0.717) is 0 Å². The van der Waals surface area contributed by atoms with Crippen LogP contribution < -0.4 is 5.73 Å². The molecule has 88 valence electrons. The molecule has 1 aromatic heterocycles. The molecule has 3 heteroatoms. The highest BCUT2D eigenvalue weighted by atomic mass is 32.2. The van der Waals surface area contributed by atoms with Crippen LogP contribution >= 0.6 is 11.8 Å². The molecule has 1 fully saturated rings. The summed E-state index contributed by atoms with van der Waals surface area (Å²) in [4.78, 5) is 4.33. The average Bonchev–Trinajstić information content (AvgIpc) is 2.31. The van der Waals surface area contributed by atoms with E-state index in [0.717, 1.165) is 24.5 Å². The first-order chi connectivity index (χ1) is 7.84. The fraction of sp³-hybridized carbons (Fsp3) is 0.615. The molecule has 1 aliphatic heterocycles. The molecule has 1 atom stereocenters. The minimum Gasteiger partial charge on any atom is -0.327 e. The first kappa shape index (κ1) is 11.9. The highest BCUT2D eigenvalue weighted by Gasteiger charge is 2.17. The number of hydrogen-bond acceptors (Lipinski definition) is 3. The molecule has 0 radical (unpaired) electrons. The summed E-state index contributed by atoms with van der Waals surface area (Å²) in [5.74, 6) is 3.49. The molecule has 16 heavy (non-hydrogen) atoms. The van der Waals surface area contributed by atoms with Gasteiger partial charge in [-0.3, -0.25) is 4.98 Å². The second-order valence-electron chi connectivity index (χ2n) is 4.58.